The van der Waals surface area contributed by atoms with Crippen molar-refractivity contribution in [1.82, 2.24) is 0 Å². The number of nitrogens with zero attached hydrogens (tertiary/aromatic N) is 1. The summed E-state index contributed by atoms with van der Waals surface area (Å²) >= 11 is 1.20. The van der Waals surface area contributed by atoms with Crippen molar-refractivity contribution in [2.75, 3.05) is 0 Å². The Balaban J connectivity index is 2.49. The van der Waals surface area contributed by atoms with E-state index < -0.39 is 0 Å². The van der Waals surface area contributed by atoms with Crippen LogP contribution in [0.4, 0.5) is 0 Å². The van der Waals surface area contributed by atoms with Gasteiger partial charge in [0.1, 0.15) is 5.40 Å². The van der Waals surface area contributed by atoms with Crippen molar-refractivity contribution < 1.29 is 0 Å². The van der Waals surface area contributed by atoms with Crippen LogP contribution in [0.3, 0.4) is 0 Å². The second kappa shape index (κ2) is 4.68. The molecule has 0 aliphatic rings. The molecule has 2 aromatic carbocycles. The number of hydrogen-bond donors (Lipinski definition) is 0. The molecule has 0 bridgehead atoms. The molecule has 0 saturated heterocycles. The lowest BCUT2D eigenvalue weighted by molar-refractivity contribution is 1.45. The van der Waals surface area contributed by atoms with Crippen molar-refractivity contribution >= 4 is 11.8 Å². The Hall–Kier alpha value is -1.72. The summed E-state index contributed by atoms with van der Waals surface area (Å²) in [4.78, 5) is 1.01. The van der Waals surface area contributed by atoms with Crippen LogP contribution in [0.1, 0.15) is 0 Å². The van der Waals surface area contributed by atoms with Crippen molar-refractivity contribution in [2.45, 2.75) is 4.90 Å². The molecule has 1 nitrogen and oxygen atoms in total. The van der Waals surface area contributed by atoms with Crippen LogP contribution in [-0.2, 0) is 0 Å². The largest absolute Gasteiger partial charge is 0.185 e. The van der Waals surface area contributed by atoms with Gasteiger partial charge in [-0.05, 0) is 29.0 Å². The summed E-state index contributed by atoms with van der Waals surface area (Å²) < 4.78 is 0. The van der Waals surface area contributed by atoms with Crippen molar-refractivity contribution in [3.05, 3.63) is 54.6 Å². The molecule has 0 radical (unpaired) electrons. The Kier molecular flexibility index (Phi) is 3.06. The maximum Gasteiger partial charge on any atom is 0.138 e. The third-order valence-electron chi connectivity index (χ3n) is 2.13. The average Bonchev–Trinajstić information content (AvgIpc) is 2.31. The van der Waals surface area contributed by atoms with Crippen molar-refractivity contribution in [3.63, 3.8) is 0 Å². The number of thiocyanates is 1. The quantitative estimate of drug-likeness (QED) is 0.555. The Morgan fingerprint density at radius 1 is 0.867 bits per heavy atom. The fraction of sp³-hybridized carbons (Fsp3) is 0. The lowest BCUT2D eigenvalue weighted by atomic mass is 10.1. The van der Waals surface area contributed by atoms with Crippen LogP contribution in [-0.4, -0.2) is 0 Å². The van der Waals surface area contributed by atoms with Crippen LogP contribution in [0.2, 0.25) is 0 Å². The highest BCUT2D eigenvalue weighted by Gasteiger charge is 2.03. The third-order valence-corrected chi connectivity index (χ3v) is 2.79. The number of hydrogen-bond acceptors (Lipinski definition) is 2. The lowest BCUT2D eigenvalue weighted by Crippen LogP contribution is -1.80. The highest BCUT2D eigenvalue weighted by Crippen LogP contribution is 2.30. The van der Waals surface area contributed by atoms with Gasteiger partial charge in [0.05, 0.1) is 0 Å². The minimum Gasteiger partial charge on any atom is -0.185 e. The van der Waals surface area contributed by atoms with Gasteiger partial charge in [0, 0.05) is 4.90 Å². The van der Waals surface area contributed by atoms with Crippen molar-refractivity contribution in [1.29, 1.82) is 5.26 Å². The first-order valence-electron chi connectivity index (χ1n) is 4.62. The van der Waals surface area contributed by atoms with Gasteiger partial charge in [-0.1, -0.05) is 48.5 Å². The average molecular weight is 211 g/mol. The molecule has 0 unspecified atom stereocenters. The van der Waals surface area contributed by atoms with E-state index >= 15 is 0 Å². The summed E-state index contributed by atoms with van der Waals surface area (Å²) in [6, 6.07) is 18.0. The molecule has 0 heterocycles. The monoisotopic (exact) mass is 211 g/mol. The van der Waals surface area contributed by atoms with Crippen LogP contribution < -0.4 is 0 Å². The standard InChI is InChI=1S/C13H9NS/c14-10-15-13-9-5-4-8-12(13)11-6-2-1-3-7-11/h1-9H. The van der Waals surface area contributed by atoms with Gasteiger partial charge in [0.2, 0.25) is 0 Å². The minimum absolute atomic E-state index is 1.01. The molecule has 0 atom stereocenters. The van der Waals surface area contributed by atoms with Crippen LogP contribution in [0.15, 0.2) is 59.5 Å². The predicted molar refractivity (Wildman–Crippen MR) is 63.3 cm³/mol. The van der Waals surface area contributed by atoms with E-state index in [0.717, 1.165) is 16.0 Å². The summed E-state index contributed by atoms with van der Waals surface area (Å²) in [6.45, 7) is 0. The zero-order valence-corrected chi connectivity index (χ0v) is 8.87. The van der Waals surface area contributed by atoms with Gasteiger partial charge in [-0.25, -0.2) is 0 Å². The van der Waals surface area contributed by atoms with Crippen LogP contribution in [0.5, 0.6) is 0 Å². The maximum absolute atomic E-state index is 8.70. The van der Waals surface area contributed by atoms with E-state index in [-0.39, 0.29) is 0 Å². The number of benzene rings is 2. The molecule has 0 fully saturated rings. The molecule has 0 aliphatic heterocycles. The predicted octanol–water partition coefficient (Wildman–Crippen LogP) is 3.93. The lowest BCUT2D eigenvalue weighted by Gasteiger charge is -2.05. The highest BCUT2D eigenvalue weighted by atomic mass is 32.2. The molecule has 0 aliphatic carbocycles. The SMILES string of the molecule is N#CSc1ccccc1-c1ccccc1. The Bertz CT molecular complexity index is 485. The fourth-order valence-corrected chi connectivity index (χ4v) is 2.00. The van der Waals surface area contributed by atoms with Crippen molar-refractivity contribution in [3.8, 4) is 16.5 Å². The van der Waals surface area contributed by atoms with Gasteiger partial charge in [-0.3, -0.25) is 0 Å². The first kappa shape index (κ1) is 9.82. The van der Waals surface area contributed by atoms with Gasteiger partial charge in [0.15, 0.2) is 0 Å². The zero-order valence-electron chi connectivity index (χ0n) is 8.05. The molecule has 15 heavy (non-hydrogen) atoms. The normalized spacial score (nSPS) is 9.53. The molecule has 0 saturated carbocycles. The van der Waals surface area contributed by atoms with Crippen LogP contribution in [0, 0.1) is 10.7 Å². The van der Waals surface area contributed by atoms with Gasteiger partial charge in [-0.2, -0.15) is 5.26 Å². The third kappa shape index (κ3) is 2.20. The van der Waals surface area contributed by atoms with E-state index in [9.17, 15) is 0 Å². The van der Waals surface area contributed by atoms with Gasteiger partial charge < -0.3 is 0 Å². The van der Waals surface area contributed by atoms with E-state index in [2.05, 4.69) is 17.5 Å². The van der Waals surface area contributed by atoms with Crippen LogP contribution >= 0.6 is 11.8 Å². The van der Waals surface area contributed by atoms with E-state index in [4.69, 9.17) is 5.26 Å². The van der Waals surface area contributed by atoms with E-state index in [1.165, 1.54) is 11.8 Å². The number of thioether (sulfide) groups is 1. The molecule has 2 heteroatoms. The summed E-state index contributed by atoms with van der Waals surface area (Å²) in [5, 5.41) is 10.8. The summed E-state index contributed by atoms with van der Waals surface area (Å²) in [5.41, 5.74) is 2.26. The Morgan fingerprint density at radius 3 is 2.27 bits per heavy atom. The molecule has 0 aromatic heterocycles. The molecular formula is C13H9NS. The molecule has 72 valence electrons. The maximum atomic E-state index is 8.70. The van der Waals surface area contributed by atoms with Gasteiger partial charge in [-0.15, -0.1) is 0 Å². The first-order chi connectivity index (χ1) is 7.42. The molecule has 2 rings (SSSR count). The van der Waals surface area contributed by atoms with Gasteiger partial charge >= 0.3 is 0 Å². The molecule has 0 N–H and O–H groups in total. The fourth-order valence-electron chi connectivity index (χ4n) is 1.46. The van der Waals surface area contributed by atoms with Crippen LogP contribution in [0.25, 0.3) is 11.1 Å². The number of nitriles is 1. The van der Waals surface area contributed by atoms with E-state index in [0.29, 0.717) is 0 Å². The smallest absolute Gasteiger partial charge is 0.138 e. The summed E-state index contributed by atoms with van der Waals surface area (Å²) in [6.07, 6.45) is 0. The molecular weight excluding hydrogens is 202 g/mol. The topological polar surface area (TPSA) is 23.8 Å². The van der Waals surface area contributed by atoms with Gasteiger partial charge in [0.25, 0.3) is 0 Å². The summed E-state index contributed by atoms with van der Waals surface area (Å²) in [7, 11) is 0. The first-order valence-corrected chi connectivity index (χ1v) is 5.44. The van der Waals surface area contributed by atoms with Crippen molar-refractivity contribution in [2.24, 2.45) is 0 Å². The Morgan fingerprint density at radius 2 is 1.53 bits per heavy atom. The second-order valence-electron chi connectivity index (χ2n) is 3.06. The molecule has 0 amide bonds. The number of rotatable bonds is 2. The Labute approximate surface area is 93.4 Å². The molecule has 0 spiro atoms. The summed E-state index contributed by atoms with van der Waals surface area (Å²) in [5.74, 6) is 0. The highest BCUT2D eigenvalue weighted by molar-refractivity contribution is 8.03. The minimum atomic E-state index is 1.01. The van der Waals surface area contributed by atoms with E-state index in [1.807, 2.05) is 42.5 Å². The van der Waals surface area contributed by atoms with E-state index in [1.54, 1.807) is 0 Å². The second-order valence-corrected chi connectivity index (χ2v) is 3.88. The molecule has 2 aromatic rings. The zero-order chi connectivity index (χ0) is 10.5.